The number of fused-ring (bicyclic) bond motifs is 3. The normalized spacial score (nSPS) is 21.2. The molecule has 8 heteroatoms. The van der Waals surface area contributed by atoms with Crippen molar-refractivity contribution in [3.05, 3.63) is 101 Å². The van der Waals surface area contributed by atoms with E-state index in [1.165, 1.54) is 18.2 Å². The Balaban J connectivity index is 1.53. The topological polar surface area (TPSA) is 58.2 Å². The number of sulfonamides is 1. The van der Waals surface area contributed by atoms with Crippen LogP contribution in [0.1, 0.15) is 46.2 Å². The highest BCUT2D eigenvalue weighted by Crippen LogP contribution is 2.51. The molecule has 0 saturated carbocycles. The minimum atomic E-state index is -4.46. The first kappa shape index (κ1) is 23.5. The minimum absolute atomic E-state index is 0.119. The van der Waals surface area contributed by atoms with Crippen LogP contribution in [0.2, 0.25) is 0 Å². The van der Waals surface area contributed by atoms with E-state index < -0.39 is 27.8 Å². The lowest BCUT2D eigenvalue weighted by Crippen LogP contribution is -2.31. The zero-order valence-corrected chi connectivity index (χ0v) is 20.0. The summed E-state index contributed by atoms with van der Waals surface area (Å²) < 4.78 is 70.4. The summed E-state index contributed by atoms with van der Waals surface area (Å²) in [6, 6.07) is 15.4. The first-order valence-electron chi connectivity index (χ1n) is 11.4. The van der Waals surface area contributed by atoms with Gasteiger partial charge in [-0.25, -0.2) is 8.42 Å². The van der Waals surface area contributed by atoms with E-state index in [0.717, 1.165) is 22.8 Å². The van der Waals surface area contributed by atoms with Gasteiger partial charge in [0.1, 0.15) is 0 Å². The van der Waals surface area contributed by atoms with Crippen LogP contribution >= 0.6 is 0 Å². The highest BCUT2D eigenvalue weighted by molar-refractivity contribution is 7.92. The summed E-state index contributed by atoms with van der Waals surface area (Å²) in [6.07, 6.45) is 0.0806. The van der Waals surface area contributed by atoms with Crippen LogP contribution in [0.5, 0.6) is 0 Å². The maximum absolute atomic E-state index is 13.7. The first-order chi connectivity index (χ1) is 16.6. The van der Waals surface area contributed by atoms with Crippen molar-refractivity contribution in [3.63, 3.8) is 0 Å². The van der Waals surface area contributed by atoms with Gasteiger partial charge < -0.3 is 5.32 Å². The summed E-state index contributed by atoms with van der Waals surface area (Å²) in [5.41, 5.74) is 3.16. The maximum atomic E-state index is 13.7. The Morgan fingerprint density at radius 3 is 2.37 bits per heavy atom. The SMILES string of the molecule is Cc1cccc(C)c1NS(=O)(=O)c1ccc2c(c1)C1C=CCC1[C@@H](c1ccccc1C(F)(F)F)N2. The monoisotopic (exact) mass is 498 g/mol. The Morgan fingerprint density at radius 2 is 1.66 bits per heavy atom. The van der Waals surface area contributed by atoms with Crippen LogP contribution in [0.15, 0.2) is 77.7 Å². The minimum Gasteiger partial charge on any atom is -0.378 e. The van der Waals surface area contributed by atoms with Gasteiger partial charge in [0, 0.05) is 11.6 Å². The van der Waals surface area contributed by atoms with Crippen molar-refractivity contribution >= 4 is 21.4 Å². The van der Waals surface area contributed by atoms with Crippen molar-refractivity contribution in [1.29, 1.82) is 0 Å². The van der Waals surface area contributed by atoms with Crippen LogP contribution in [0, 0.1) is 19.8 Å². The molecule has 0 aromatic heterocycles. The predicted octanol–water partition coefficient (Wildman–Crippen LogP) is 6.95. The van der Waals surface area contributed by atoms with Gasteiger partial charge >= 0.3 is 6.18 Å². The summed E-state index contributed by atoms with van der Waals surface area (Å²) >= 11 is 0. The van der Waals surface area contributed by atoms with Gasteiger partial charge in [-0.05, 0) is 72.7 Å². The highest BCUT2D eigenvalue weighted by atomic mass is 32.2. The Labute approximate surface area is 202 Å². The van der Waals surface area contributed by atoms with E-state index in [1.807, 2.05) is 44.2 Å². The van der Waals surface area contributed by atoms with Gasteiger partial charge in [0.25, 0.3) is 10.0 Å². The lowest BCUT2D eigenvalue weighted by Gasteiger charge is -2.38. The second-order valence-electron chi connectivity index (χ2n) is 9.18. The van der Waals surface area contributed by atoms with Crippen LogP contribution in [0.3, 0.4) is 0 Å². The lowest BCUT2D eigenvalue weighted by molar-refractivity contribution is -0.138. The van der Waals surface area contributed by atoms with Crippen molar-refractivity contribution in [2.45, 2.75) is 43.3 Å². The Morgan fingerprint density at radius 1 is 0.943 bits per heavy atom. The van der Waals surface area contributed by atoms with E-state index in [1.54, 1.807) is 18.2 Å². The fraction of sp³-hybridized carbons (Fsp3) is 0.259. The molecule has 3 atom stereocenters. The number of allylic oxidation sites excluding steroid dienone is 2. The number of anilines is 2. The van der Waals surface area contributed by atoms with Crippen LogP contribution in [-0.2, 0) is 16.2 Å². The second-order valence-corrected chi connectivity index (χ2v) is 10.9. The van der Waals surface area contributed by atoms with Crippen molar-refractivity contribution in [1.82, 2.24) is 0 Å². The molecule has 0 fully saturated rings. The van der Waals surface area contributed by atoms with E-state index in [9.17, 15) is 21.6 Å². The van der Waals surface area contributed by atoms with Crippen molar-refractivity contribution in [3.8, 4) is 0 Å². The number of para-hydroxylation sites is 1. The molecular weight excluding hydrogens is 473 g/mol. The number of hydrogen-bond donors (Lipinski definition) is 2. The van der Waals surface area contributed by atoms with E-state index in [2.05, 4.69) is 10.0 Å². The van der Waals surface area contributed by atoms with Gasteiger partial charge in [0.05, 0.1) is 22.2 Å². The summed E-state index contributed by atoms with van der Waals surface area (Å²) in [6.45, 7) is 3.68. The lowest BCUT2D eigenvalue weighted by atomic mass is 9.76. The molecule has 1 heterocycles. The summed E-state index contributed by atoms with van der Waals surface area (Å²) in [5, 5.41) is 3.29. The number of hydrogen-bond acceptors (Lipinski definition) is 3. The zero-order valence-electron chi connectivity index (χ0n) is 19.2. The molecule has 0 saturated heterocycles. The van der Waals surface area contributed by atoms with Crippen LogP contribution in [0.4, 0.5) is 24.5 Å². The molecule has 35 heavy (non-hydrogen) atoms. The molecule has 2 N–H and O–H groups in total. The number of nitrogens with one attached hydrogen (secondary N) is 2. The molecular formula is C27H25F3N2O2S. The molecule has 3 aromatic rings. The summed E-state index contributed by atoms with van der Waals surface area (Å²) in [7, 11) is -3.86. The van der Waals surface area contributed by atoms with Crippen LogP contribution < -0.4 is 10.0 Å². The van der Waals surface area contributed by atoms with Gasteiger partial charge in [-0.3, -0.25) is 4.72 Å². The van der Waals surface area contributed by atoms with Crippen LogP contribution in [0.25, 0.3) is 0 Å². The van der Waals surface area contributed by atoms with Crippen molar-refractivity contribution in [2.75, 3.05) is 10.0 Å². The zero-order chi connectivity index (χ0) is 25.0. The second kappa shape index (κ2) is 8.45. The molecule has 4 nitrogen and oxygen atoms in total. The predicted molar refractivity (Wildman–Crippen MR) is 131 cm³/mol. The molecule has 2 unspecified atom stereocenters. The summed E-state index contributed by atoms with van der Waals surface area (Å²) in [4.78, 5) is 0.119. The van der Waals surface area contributed by atoms with E-state index in [4.69, 9.17) is 0 Å². The Bertz CT molecular complexity index is 1410. The Kier molecular flexibility index (Phi) is 5.67. The van der Waals surface area contributed by atoms with Crippen molar-refractivity contribution in [2.24, 2.45) is 5.92 Å². The van der Waals surface area contributed by atoms with Gasteiger partial charge in [-0.2, -0.15) is 13.2 Å². The highest BCUT2D eigenvalue weighted by Gasteiger charge is 2.42. The van der Waals surface area contributed by atoms with Gasteiger partial charge in [0.15, 0.2) is 0 Å². The number of aryl methyl sites for hydroxylation is 2. The van der Waals surface area contributed by atoms with Crippen LogP contribution in [-0.4, -0.2) is 8.42 Å². The number of benzene rings is 3. The maximum Gasteiger partial charge on any atom is 0.416 e. The van der Waals surface area contributed by atoms with Gasteiger partial charge in [-0.1, -0.05) is 48.6 Å². The molecule has 1 aliphatic carbocycles. The largest absolute Gasteiger partial charge is 0.416 e. The fourth-order valence-corrected chi connectivity index (χ4v) is 6.48. The third-order valence-electron chi connectivity index (χ3n) is 6.96. The van der Waals surface area contributed by atoms with Gasteiger partial charge in [0.2, 0.25) is 0 Å². The van der Waals surface area contributed by atoms with E-state index >= 15 is 0 Å². The third kappa shape index (κ3) is 4.20. The van der Waals surface area contributed by atoms with E-state index in [0.29, 0.717) is 17.8 Å². The number of halogens is 3. The molecule has 0 amide bonds. The standard InChI is InChI=1S/C27H25F3N2O2S/c1-16-7-5-8-17(2)25(16)32-35(33,34)18-13-14-24-22(15-18)19-10-6-11-20(19)26(31-24)21-9-3-4-12-23(21)27(28,29)30/h3-10,12-15,19-20,26,31-32H,11H2,1-2H3/t19?,20?,26-/m0/s1. The quantitative estimate of drug-likeness (QED) is 0.383. The van der Waals surface area contributed by atoms with Gasteiger partial charge in [-0.15, -0.1) is 0 Å². The number of alkyl halides is 3. The molecule has 182 valence electrons. The third-order valence-corrected chi connectivity index (χ3v) is 8.31. The molecule has 5 rings (SSSR count). The molecule has 0 spiro atoms. The first-order valence-corrected chi connectivity index (χ1v) is 12.9. The summed E-state index contributed by atoms with van der Waals surface area (Å²) in [5.74, 6) is -0.344. The fourth-order valence-electron chi connectivity index (χ4n) is 5.24. The average Bonchev–Trinajstić information content (AvgIpc) is 3.30. The van der Waals surface area contributed by atoms with E-state index in [-0.39, 0.29) is 22.3 Å². The molecule has 0 bridgehead atoms. The number of rotatable bonds is 4. The molecule has 3 aromatic carbocycles. The Hall–Kier alpha value is -3.26. The molecule has 1 aliphatic heterocycles. The molecule has 0 radical (unpaired) electrons. The molecule has 2 aliphatic rings. The smallest absolute Gasteiger partial charge is 0.378 e. The van der Waals surface area contributed by atoms with Crippen molar-refractivity contribution < 1.29 is 21.6 Å². The average molecular weight is 499 g/mol.